The molecule has 0 aliphatic carbocycles. The zero-order chi connectivity index (χ0) is 15.8. The molecule has 5 heteroatoms. The molecule has 0 unspecified atom stereocenters. The molecule has 0 amide bonds. The lowest BCUT2D eigenvalue weighted by atomic mass is 10.1. The summed E-state index contributed by atoms with van der Waals surface area (Å²) in [7, 11) is 0. The smallest absolute Gasteiger partial charge is 0.258 e. The molecule has 0 aliphatic heterocycles. The molecule has 0 spiro atoms. The van der Waals surface area contributed by atoms with Crippen molar-refractivity contribution in [3.8, 4) is 5.69 Å². The molecular formula is C18H12N3O2+. The molecule has 2 aromatic heterocycles. The second kappa shape index (κ2) is 5.14. The topological polar surface area (TPSA) is 59.9 Å². The van der Waals surface area contributed by atoms with E-state index in [4.69, 9.17) is 0 Å². The first-order valence-corrected chi connectivity index (χ1v) is 7.18. The standard InChI is InChI=1S/C18H12N3O2/c22-21(23)16-10-6-9-15-17(16)18(20-11-4-1-5-12-20)13-7-2-3-8-14(13)19-15/h1-12H/q+1. The van der Waals surface area contributed by atoms with Crippen LogP contribution in [0.3, 0.4) is 0 Å². The number of nitro benzene ring substituents is 1. The average Bonchev–Trinajstić information content (AvgIpc) is 2.59. The van der Waals surface area contributed by atoms with Crippen LogP contribution in [0.1, 0.15) is 0 Å². The van der Waals surface area contributed by atoms with Gasteiger partial charge in [0.05, 0.1) is 21.3 Å². The van der Waals surface area contributed by atoms with E-state index in [1.54, 1.807) is 6.07 Å². The normalized spacial score (nSPS) is 11.0. The molecule has 0 aliphatic rings. The van der Waals surface area contributed by atoms with Gasteiger partial charge in [-0.15, -0.1) is 0 Å². The lowest BCUT2D eigenvalue weighted by molar-refractivity contribution is -0.592. The highest BCUT2D eigenvalue weighted by molar-refractivity contribution is 6.05. The van der Waals surface area contributed by atoms with Crippen LogP contribution in [0.25, 0.3) is 27.5 Å². The molecule has 0 fully saturated rings. The van der Waals surface area contributed by atoms with Crippen molar-refractivity contribution >= 4 is 27.5 Å². The average molecular weight is 302 g/mol. The number of nitrogens with zero attached hydrogens (tertiary/aromatic N) is 3. The molecular weight excluding hydrogens is 290 g/mol. The van der Waals surface area contributed by atoms with Crippen LogP contribution in [-0.4, -0.2) is 9.91 Å². The first-order chi connectivity index (χ1) is 11.3. The number of pyridine rings is 2. The van der Waals surface area contributed by atoms with Gasteiger partial charge in [-0.2, -0.15) is 4.57 Å². The number of benzene rings is 2. The van der Waals surface area contributed by atoms with E-state index in [2.05, 4.69) is 4.98 Å². The third-order valence-corrected chi connectivity index (χ3v) is 3.83. The van der Waals surface area contributed by atoms with Crippen molar-refractivity contribution in [1.82, 2.24) is 4.98 Å². The van der Waals surface area contributed by atoms with Gasteiger partial charge >= 0.3 is 0 Å². The number of para-hydroxylation sites is 1. The molecule has 0 radical (unpaired) electrons. The molecule has 0 saturated heterocycles. The first kappa shape index (κ1) is 13.3. The van der Waals surface area contributed by atoms with Crippen molar-refractivity contribution in [2.45, 2.75) is 0 Å². The number of hydrogen-bond donors (Lipinski definition) is 0. The van der Waals surface area contributed by atoms with Crippen LogP contribution in [-0.2, 0) is 0 Å². The summed E-state index contributed by atoms with van der Waals surface area (Å²) in [5, 5.41) is 12.9. The monoisotopic (exact) mass is 302 g/mol. The molecule has 4 aromatic rings. The molecule has 23 heavy (non-hydrogen) atoms. The highest BCUT2D eigenvalue weighted by atomic mass is 16.6. The molecule has 0 bridgehead atoms. The number of hydrogen-bond acceptors (Lipinski definition) is 3. The van der Waals surface area contributed by atoms with E-state index in [1.807, 2.05) is 65.5 Å². The fraction of sp³-hybridized carbons (Fsp3) is 0. The fourth-order valence-corrected chi connectivity index (χ4v) is 2.87. The van der Waals surface area contributed by atoms with Gasteiger partial charge in [0.25, 0.3) is 5.69 Å². The first-order valence-electron chi connectivity index (χ1n) is 7.18. The number of fused-ring (bicyclic) bond motifs is 2. The molecule has 0 N–H and O–H groups in total. The van der Waals surface area contributed by atoms with E-state index >= 15 is 0 Å². The molecule has 110 valence electrons. The van der Waals surface area contributed by atoms with Crippen molar-refractivity contribution in [2.24, 2.45) is 0 Å². The highest BCUT2D eigenvalue weighted by Gasteiger charge is 2.24. The van der Waals surface area contributed by atoms with Crippen molar-refractivity contribution < 1.29 is 9.49 Å². The van der Waals surface area contributed by atoms with Crippen molar-refractivity contribution in [3.63, 3.8) is 0 Å². The van der Waals surface area contributed by atoms with Crippen LogP contribution in [0.4, 0.5) is 5.69 Å². The number of non-ortho nitro benzene ring substituents is 1. The predicted molar refractivity (Wildman–Crippen MR) is 87.4 cm³/mol. The molecule has 4 rings (SSSR count). The van der Waals surface area contributed by atoms with E-state index in [1.165, 1.54) is 6.07 Å². The van der Waals surface area contributed by atoms with Gasteiger partial charge in [-0.3, -0.25) is 10.1 Å². The lowest BCUT2D eigenvalue weighted by Gasteiger charge is -2.06. The van der Waals surface area contributed by atoms with Crippen molar-refractivity contribution in [3.05, 3.63) is 83.2 Å². The van der Waals surface area contributed by atoms with Gasteiger partial charge in [0.2, 0.25) is 5.69 Å². The molecule has 5 nitrogen and oxygen atoms in total. The third kappa shape index (κ3) is 2.10. The maximum absolute atomic E-state index is 11.5. The van der Waals surface area contributed by atoms with Gasteiger partial charge in [0.1, 0.15) is 0 Å². The Hall–Kier alpha value is -3.34. The van der Waals surface area contributed by atoms with Crippen LogP contribution < -0.4 is 4.57 Å². The number of aromatic nitrogens is 2. The lowest BCUT2D eigenvalue weighted by Crippen LogP contribution is -2.30. The minimum Gasteiger partial charge on any atom is -0.258 e. The van der Waals surface area contributed by atoms with Gasteiger partial charge in [0.15, 0.2) is 17.8 Å². The Morgan fingerprint density at radius 3 is 2.39 bits per heavy atom. The zero-order valence-electron chi connectivity index (χ0n) is 12.1. The Kier molecular flexibility index (Phi) is 2.98. The molecule has 0 saturated carbocycles. The fourth-order valence-electron chi connectivity index (χ4n) is 2.87. The predicted octanol–water partition coefficient (Wildman–Crippen LogP) is 3.57. The SMILES string of the molecule is O=[N+]([O-])c1cccc2nc3ccccc3c(-[n+]3ccccc3)c12. The van der Waals surface area contributed by atoms with Gasteiger partial charge in [-0.05, 0) is 18.2 Å². The van der Waals surface area contributed by atoms with E-state index in [9.17, 15) is 10.1 Å². The van der Waals surface area contributed by atoms with Gasteiger partial charge < -0.3 is 0 Å². The largest absolute Gasteiger partial charge is 0.285 e. The minimum absolute atomic E-state index is 0.0621. The third-order valence-electron chi connectivity index (χ3n) is 3.83. The highest BCUT2D eigenvalue weighted by Crippen LogP contribution is 2.32. The van der Waals surface area contributed by atoms with E-state index < -0.39 is 0 Å². The van der Waals surface area contributed by atoms with Crippen molar-refractivity contribution in [2.75, 3.05) is 0 Å². The maximum atomic E-state index is 11.5. The van der Waals surface area contributed by atoms with Crippen LogP contribution in [0.2, 0.25) is 0 Å². The second-order valence-corrected chi connectivity index (χ2v) is 5.19. The Morgan fingerprint density at radius 2 is 1.61 bits per heavy atom. The van der Waals surface area contributed by atoms with Crippen LogP contribution in [0, 0.1) is 10.1 Å². The summed E-state index contributed by atoms with van der Waals surface area (Å²) in [5.41, 5.74) is 2.27. The maximum Gasteiger partial charge on any atom is 0.285 e. The van der Waals surface area contributed by atoms with Crippen LogP contribution in [0.5, 0.6) is 0 Å². The Balaban J connectivity index is 2.28. The quantitative estimate of drug-likeness (QED) is 0.246. The van der Waals surface area contributed by atoms with E-state index in [0.717, 1.165) is 16.6 Å². The van der Waals surface area contributed by atoms with E-state index in [0.29, 0.717) is 10.9 Å². The number of rotatable bonds is 2. The van der Waals surface area contributed by atoms with Crippen molar-refractivity contribution in [1.29, 1.82) is 0 Å². The Labute approximate surface area is 131 Å². The number of nitro groups is 1. The zero-order valence-corrected chi connectivity index (χ0v) is 12.1. The van der Waals surface area contributed by atoms with Gasteiger partial charge in [-0.25, -0.2) is 4.98 Å². The Bertz CT molecular complexity index is 1050. The summed E-state index contributed by atoms with van der Waals surface area (Å²) in [4.78, 5) is 15.7. The second-order valence-electron chi connectivity index (χ2n) is 5.19. The summed E-state index contributed by atoms with van der Waals surface area (Å²) in [6, 6.07) is 18.4. The molecule has 0 atom stereocenters. The molecule has 2 aromatic carbocycles. The summed E-state index contributed by atoms with van der Waals surface area (Å²) < 4.78 is 1.90. The summed E-state index contributed by atoms with van der Waals surface area (Å²) in [6.45, 7) is 0. The van der Waals surface area contributed by atoms with Crippen LogP contribution >= 0.6 is 0 Å². The van der Waals surface area contributed by atoms with E-state index in [-0.39, 0.29) is 10.6 Å². The minimum atomic E-state index is -0.355. The molecule has 2 heterocycles. The summed E-state index contributed by atoms with van der Waals surface area (Å²) >= 11 is 0. The summed E-state index contributed by atoms with van der Waals surface area (Å²) in [6.07, 6.45) is 3.77. The van der Waals surface area contributed by atoms with Gasteiger partial charge in [0, 0.05) is 18.2 Å². The van der Waals surface area contributed by atoms with Gasteiger partial charge in [-0.1, -0.05) is 24.3 Å². The van der Waals surface area contributed by atoms with Crippen LogP contribution in [0.15, 0.2) is 73.1 Å². The summed E-state index contributed by atoms with van der Waals surface area (Å²) in [5.74, 6) is 0. The Morgan fingerprint density at radius 1 is 0.870 bits per heavy atom.